The van der Waals surface area contributed by atoms with Gasteiger partial charge in [-0.3, -0.25) is 9.59 Å². The number of pyridine rings is 2. The zero-order valence-electron chi connectivity index (χ0n) is 16.5. The van der Waals surface area contributed by atoms with Crippen molar-refractivity contribution in [1.29, 1.82) is 0 Å². The van der Waals surface area contributed by atoms with E-state index in [0.29, 0.717) is 16.9 Å². The molecule has 30 heavy (non-hydrogen) atoms. The van der Waals surface area contributed by atoms with Gasteiger partial charge in [0.25, 0.3) is 12.3 Å². The Balaban J connectivity index is 1.66. The third-order valence-electron chi connectivity index (χ3n) is 4.45. The number of rotatable bonds is 9. The van der Waals surface area contributed by atoms with E-state index in [0.717, 1.165) is 12.8 Å². The molecule has 160 valence electrons. The third-order valence-corrected chi connectivity index (χ3v) is 4.45. The molecule has 0 spiro atoms. The number of aromatic nitrogens is 2. The lowest BCUT2D eigenvalue weighted by atomic mass is 10.1. The summed E-state index contributed by atoms with van der Waals surface area (Å²) >= 11 is 0. The van der Waals surface area contributed by atoms with Gasteiger partial charge in [-0.25, -0.2) is 13.8 Å². The second kappa shape index (κ2) is 9.47. The standard InChI is InChI=1S/C20H22F2N4O4/c1-11(14-5-6-17(26-20(14)29-2)30-10-15(21)22)24-19(28)13-7-8-23-16(9-13)25-18(27)12-3-4-12/h5-9,11-12,15H,3-4,10H2,1-2H3,(H,24,28)(H,23,25,27). The van der Waals surface area contributed by atoms with E-state index in [2.05, 4.69) is 20.6 Å². The molecule has 1 aliphatic rings. The monoisotopic (exact) mass is 420 g/mol. The van der Waals surface area contributed by atoms with E-state index >= 15 is 0 Å². The Hall–Kier alpha value is -3.30. The predicted molar refractivity (Wildman–Crippen MR) is 104 cm³/mol. The van der Waals surface area contributed by atoms with Crippen LogP contribution in [0.4, 0.5) is 14.6 Å². The van der Waals surface area contributed by atoms with Gasteiger partial charge in [-0.2, -0.15) is 4.98 Å². The minimum Gasteiger partial charge on any atom is -0.481 e. The summed E-state index contributed by atoms with van der Waals surface area (Å²) in [6.45, 7) is 0.956. The summed E-state index contributed by atoms with van der Waals surface area (Å²) < 4.78 is 34.7. The summed E-state index contributed by atoms with van der Waals surface area (Å²) in [6.07, 6.45) is 0.561. The van der Waals surface area contributed by atoms with Crippen LogP contribution in [-0.2, 0) is 4.79 Å². The van der Waals surface area contributed by atoms with Gasteiger partial charge in [0.1, 0.15) is 5.82 Å². The largest absolute Gasteiger partial charge is 0.481 e. The fraction of sp³-hybridized carbons (Fsp3) is 0.400. The lowest BCUT2D eigenvalue weighted by Crippen LogP contribution is -2.27. The zero-order chi connectivity index (χ0) is 21.7. The first-order valence-electron chi connectivity index (χ1n) is 9.41. The van der Waals surface area contributed by atoms with Crippen molar-refractivity contribution >= 4 is 17.6 Å². The van der Waals surface area contributed by atoms with Crippen LogP contribution in [0, 0.1) is 5.92 Å². The molecule has 1 saturated carbocycles. The van der Waals surface area contributed by atoms with Crippen molar-refractivity contribution in [3.8, 4) is 11.8 Å². The zero-order valence-corrected chi connectivity index (χ0v) is 16.5. The van der Waals surface area contributed by atoms with E-state index in [4.69, 9.17) is 9.47 Å². The number of ether oxygens (including phenoxy) is 2. The quantitative estimate of drug-likeness (QED) is 0.647. The molecule has 2 amide bonds. The molecule has 10 heteroatoms. The van der Waals surface area contributed by atoms with Gasteiger partial charge in [0, 0.05) is 29.3 Å². The number of hydrogen-bond donors (Lipinski definition) is 2. The number of halogens is 2. The average Bonchev–Trinajstić information content (AvgIpc) is 3.57. The van der Waals surface area contributed by atoms with Gasteiger partial charge in [-0.1, -0.05) is 0 Å². The number of hydrogen-bond acceptors (Lipinski definition) is 6. The van der Waals surface area contributed by atoms with Crippen molar-refractivity contribution in [2.24, 2.45) is 5.92 Å². The van der Waals surface area contributed by atoms with Crippen molar-refractivity contribution < 1.29 is 27.8 Å². The average molecular weight is 420 g/mol. The molecule has 2 heterocycles. The summed E-state index contributed by atoms with van der Waals surface area (Å²) in [5, 5.41) is 5.51. The van der Waals surface area contributed by atoms with E-state index in [1.165, 1.54) is 31.5 Å². The Kier molecular flexibility index (Phi) is 6.76. The second-order valence-corrected chi connectivity index (χ2v) is 6.84. The minimum atomic E-state index is -2.62. The van der Waals surface area contributed by atoms with E-state index < -0.39 is 19.1 Å². The lowest BCUT2D eigenvalue weighted by molar-refractivity contribution is -0.117. The van der Waals surface area contributed by atoms with Gasteiger partial charge in [-0.05, 0) is 38.0 Å². The van der Waals surface area contributed by atoms with Crippen LogP contribution >= 0.6 is 0 Å². The molecule has 8 nitrogen and oxygen atoms in total. The van der Waals surface area contributed by atoms with Crippen LogP contribution < -0.4 is 20.1 Å². The maximum absolute atomic E-state index is 12.6. The number of amides is 2. The number of nitrogens with one attached hydrogen (secondary N) is 2. The smallest absolute Gasteiger partial charge is 0.272 e. The van der Waals surface area contributed by atoms with Crippen molar-refractivity contribution in [1.82, 2.24) is 15.3 Å². The normalized spacial score (nSPS) is 14.2. The highest BCUT2D eigenvalue weighted by Gasteiger charge is 2.30. The third kappa shape index (κ3) is 5.62. The molecular formula is C20H22F2N4O4. The van der Waals surface area contributed by atoms with Crippen LogP contribution in [0.1, 0.15) is 41.7 Å². The molecule has 2 aromatic rings. The summed E-state index contributed by atoms with van der Waals surface area (Å²) in [7, 11) is 1.38. The molecule has 1 fully saturated rings. The van der Waals surface area contributed by atoms with Crippen molar-refractivity contribution in [2.75, 3.05) is 19.0 Å². The van der Waals surface area contributed by atoms with Gasteiger partial charge in [0.2, 0.25) is 17.7 Å². The molecule has 0 saturated heterocycles. The number of carbonyl (C=O) groups is 2. The van der Waals surface area contributed by atoms with Crippen LogP contribution in [0.5, 0.6) is 11.8 Å². The van der Waals surface area contributed by atoms with E-state index in [1.807, 2.05) is 0 Å². The van der Waals surface area contributed by atoms with Crippen LogP contribution in [0.25, 0.3) is 0 Å². The number of anilines is 1. The Morgan fingerprint density at radius 3 is 2.70 bits per heavy atom. The predicted octanol–water partition coefficient (Wildman–Crippen LogP) is 2.97. The van der Waals surface area contributed by atoms with Crippen molar-refractivity contribution in [3.05, 3.63) is 41.6 Å². The van der Waals surface area contributed by atoms with Crippen molar-refractivity contribution in [2.45, 2.75) is 32.2 Å². The minimum absolute atomic E-state index is 0.000364. The van der Waals surface area contributed by atoms with E-state index in [-0.39, 0.29) is 29.5 Å². The molecule has 0 aliphatic heterocycles. The van der Waals surface area contributed by atoms with Gasteiger partial charge < -0.3 is 20.1 Å². The SMILES string of the molecule is COc1nc(OCC(F)F)ccc1C(C)NC(=O)c1ccnc(NC(=O)C2CC2)c1. The molecule has 1 atom stereocenters. The Morgan fingerprint density at radius 1 is 1.27 bits per heavy atom. The first kappa shape index (κ1) is 21.4. The van der Waals surface area contributed by atoms with Crippen LogP contribution in [0.15, 0.2) is 30.5 Å². The number of methoxy groups -OCH3 is 1. The Morgan fingerprint density at radius 2 is 2.03 bits per heavy atom. The van der Waals surface area contributed by atoms with Crippen LogP contribution in [0.2, 0.25) is 0 Å². The number of carbonyl (C=O) groups excluding carboxylic acids is 2. The number of nitrogens with zero attached hydrogens (tertiary/aromatic N) is 2. The lowest BCUT2D eigenvalue weighted by Gasteiger charge is -2.17. The maximum atomic E-state index is 12.6. The first-order valence-corrected chi connectivity index (χ1v) is 9.41. The van der Waals surface area contributed by atoms with E-state index in [9.17, 15) is 18.4 Å². The Bertz CT molecular complexity index is 921. The van der Waals surface area contributed by atoms with Gasteiger partial charge in [0.05, 0.1) is 13.2 Å². The molecule has 0 radical (unpaired) electrons. The topological polar surface area (TPSA) is 102 Å². The van der Waals surface area contributed by atoms with Gasteiger partial charge in [0.15, 0.2) is 6.61 Å². The highest BCUT2D eigenvalue weighted by molar-refractivity contribution is 5.97. The van der Waals surface area contributed by atoms with Gasteiger partial charge >= 0.3 is 0 Å². The number of alkyl halides is 2. The Labute approximate surface area is 172 Å². The summed E-state index contributed by atoms with van der Waals surface area (Å²) in [5.74, 6) is 0.00970. The fourth-order valence-corrected chi connectivity index (χ4v) is 2.73. The molecule has 1 unspecified atom stereocenters. The van der Waals surface area contributed by atoms with Gasteiger partial charge in [-0.15, -0.1) is 0 Å². The molecular weight excluding hydrogens is 398 g/mol. The molecule has 2 aromatic heterocycles. The molecule has 2 N–H and O–H groups in total. The van der Waals surface area contributed by atoms with Crippen LogP contribution in [0.3, 0.4) is 0 Å². The molecule has 1 aliphatic carbocycles. The highest BCUT2D eigenvalue weighted by Crippen LogP contribution is 2.30. The van der Waals surface area contributed by atoms with E-state index in [1.54, 1.807) is 13.0 Å². The molecule has 3 rings (SSSR count). The summed E-state index contributed by atoms with van der Waals surface area (Å²) in [6, 6.07) is 5.55. The maximum Gasteiger partial charge on any atom is 0.272 e. The summed E-state index contributed by atoms with van der Waals surface area (Å²) in [5.41, 5.74) is 0.873. The summed E-state index contributed by atoms with van der Waals surface area (Å²) in [4.78, 5) is 32.6. The van der Waals surface area contributed by atoms with Crippen molar-refractivity contribution in [3.63, 3.8) is 0 Å². The molecule has 0 aromatic carbocycles. The molecule has 0 bridgehead atoms. The fourth-order valence-electron chi connectivity index (χ4n) is 2.73. The highest BCUT2D eigenvalue weighted by atomic mass is 19.3. The van der Waals surface area contributed by atoms with Crippen LogP contribution in [-0.4, -0.2) is 41.9 Å². The second-order valence-electron chi connectivity index (χ2n) is 6.84. The first-order chi connectivity index (χ1) is 14.4.